The zero-order valence-electron chi connectivity index (χ0n) is 15.6. The minimum Gasteiger partial charge on any atom is -0.493 e. The molecule has 0 saturated carbocycles. The van der Waals surface area contributed by atoms with Gasteiger partial charge in [-0.05, 0) is 36.2 Å². The highest BCUT2D eigenvalue weighted by Crippen LogP contribution is 2.16. The van der Waals surface area contributed by atoms with Gasteiger partial charge in [-0.25, -0.2) is 0 Å². The maximum atomic E-state index is 5.86. The number of rotatable bonds is 8. The lowest BCUT2D eigenvalue weighted by atomic mass is 10.1. The van der Waals surface area contributed by atoms with Crippen molar-refractivity contribution in [1.29, 1.82) is 0 Å². The van der Waals surface area contributed by atoms with E-state index in [0.29, 0.717) is 13.2 Å². The van der Waals surface area contributed by atoms with E-state index in [9.17, 15) is 0 Å². The van der Waals surface area contributed by atoms with Crippen LogP contribution in [-0.4, -0.2) is 43.9 Å². The summed E-state index contributed by atoms with van der Waals surface area (Å²) < 4.78 is 11.6. The normalized spacial score (nSPS) is 16.9. The smallest absolute Gasteiger partial charge is 0.119 e. The molecule has 0 amide bonds. The summed E-state index contributed by atoms with van der Waals surface area (Å²) >= 11 is 0. The maximum Gasteiger partial charge on any atom is 0.119 e. The highest BCUT2D eigenvalue weighted by Gasteiger charge is 2.19. The molecular formula is C21H30Cl2N2O2. The lowest BCUT2D eigenvalue weighted by molar-refractivity contribution is -0.0335. The van der Waals surface area contributed by atoms with E-state index in [4.69, 9.17) is 15.2 Å². The van der Waals surface area contributed by atoms with Gasteiger partial charge in [0.2, 0.25) is 0 Å². The van der Waals surface area contributed by atoms with Crippen LogP contribution in [0.25, 0.3) is 0 Å². The van der Waals surface area contributed by atoms with Crippen LogP contribution in [-0.2, 0) is 17.7 Å². The second-order valence-electron chi connectivity index (χ2n) is 6.53. The van der Waals surface area contributed by atoms with Crippen molar-refractivity contribution < 1.29 is 9.47 Å². The summed E-state index contributed by atoms with van der Waals surface area (Å²) in [6, 6.07) is 18.9. The molecule has 27 heavy (non-hydrogen) atoms. The Kier molecular flexibility index (Phi) is 11.4. The topological polar surface area (TPSA) is 47.7 Å². The van der Waals surface area contributed by atoms with Gasteiger partial charge >= 0.3 is 0 Å². The first-order valence-corrected chi connectivity index (χ1v) is 9.13. The Bertz CT molecular complexity index is 624. The average molecular weight is 413 g/mol. The van der Waals surface area contributed by atoms with Crippen LogP contribution in [0.5, 0.6) is 5.75 Å². The van der Waals surface area contributed by atoms with Crippen LogP contribution in [0.15, 0.2) is 54.6 Å². The van der Waals surface area contributed by atoms with Gasteiger partial charge in [0.1, 0.15) is 5.75 Å². The molecule has 4 nitrogen and oxygen atoms in total. The van der Waals surface area contributed by atoms with Gasteiger partial charge in [-0.15, -0.1) is 24.8 Å². The first-order chi connectivity index (χ1) is 12.3. The maximum absolute atomic E-state index is 5.86. The second-order valence-corrected chi connectivity index (χ2v) is 6.53. The van der Waals surface area contributed by atoms with Crippen molar-refractivity contribution in [2.75, 3.05) is 32.8 Å². The molecular weight excluding hydrogens is 383 g/mol. The molecule has 0 aliphatic carbocycles. The first kappa shape index (κ1) is 23.7. The predicted molar refractivity (Wildman–Crippen MR) is 115 cm³/mol. The number of nitrogens with two attached hydrogens (primary N) is 1. The van der Waals surface area contributed by atoms with Crippen LogP contribution in [0, 0.1) is 0 Å². The minimum atomic E-state index is 0. The standard InChI is InChI=1S/C21H28N2O2.2ClH/c22-12-10-21-17-23(13-15-25-21)16-19-6-8-20(9-7-19)24-14-11-18-4-2-1-3-5-18;;/h1-9,21H,10-17,22H2;2*1H. The van der Waals surface area contributed by atoms with Gasteiger partial charge in [-0.1, -0.05) is 42.5 Å². The SMILES string of the molecule is Cl.Cl.NCCC1CN(Cc2ccc(OCCc3ccccc3)cc2)CCO1. The highest BCUT2D eigenvalue weighted by atomic mass is 35.5. The molecule has 0 bridgehead atoms. The molecule has 1 atom stereocenters. The summed E-state index contributed by atoms with van der Waals surface area (Å²) in [5, 5.41) is 0. The molecule has 2 aromatic carbocycles. The van der Waals surface area contributed by atoms with E-state index in [1.54, 1.807) is 0 Å². The number of halogens is 2. The predicted octanol–water partition coefficient (Wildman–Crippen LogP) is 3.70. The van der Waals surface area contributed by atoms with E-state index in [-0.39, 0.29) is 30.9 Å². The molecule has 1 aliphatic rings. The van der Waals surface area contributed by atoms with Crippen LogP contribution in [0.4, 0.5) is 0 Å². The molecule has 1 heterocycles. The molecule has 6 heteroatoms. The number of benzene rings is 2. The van der Waals surface area contributed by atoms with Crippen molar-refractivity contribution in [2.24, 2.45) is 5.73 Å². The van der Waals surface area contributed by atoms with Gasteiger partial charge in [0.25, 0.3) is 0 Å². The molecule has 3 rings (SSSR count). The third kappa shape index (κ3) is 8.08. The molecule has 150 valence electrons. The average Bonchev–Trinajstić information content (AvgIpc) is 2.65. The number of morpholine rings is 1. The largest absolute Gasteiger partial charge is 0.493 e. The Morgan fingerprint density at radius 1 is 1.00 bits per heavy atom. The fraction of sp³-hybridized carbons (Fsp3) is 0.429. The van der Waals surface area contributed by atoms with Crippen molar-refractivity contribution in [3.63, 3.8) is 0 Å². The molecule has 0 aromatic heterocycles. The summed E-state index contributed by atoms with van der Waals surface area (Å²) in [4.78, 5) is 2.44. The van der Waals surface area contributed by atoms with Gasteiger partial charge in [-0.2, -0.15) is 0 Å². The Morgan fingerprint density at radius 2 is 1.74 bits per heavy atom. The Balaban J connectivity index is 0.00000182. The lowest BCUT2D eigenvalue weighted by Gasteiger charge is -2.32. The van der Waals surface area contributed by atoms with E-state index in [1.807, 2.05) is 6.07 Å². The van der Waals surface area contributed by atoms with Crippen molar-refractivity contribution >= 4 is 24.8 Å². The Morgan fingerprint density at radius 3 is 2.44 bits per heavy atom. The number of hydrogen-bond donors (Lipinski definition) is 1. The Hall–Kier alpha value is -1.30. The summed E-state index contributed by atoms with van der Waals surface area (Å²) in [6.07, 6.45) is 2.14. The van der Waals surface area contributed by atoms with Gasteiger partial charge < -0.3 is 15.2 Å². The van der Waals surface area contributed by atoms with Crippen LogP contribution < -0.4 is 10.5 Å². The zero-order valence-corrected chi connectivity index (χ0v) is 17.2. The second kappa shape index (κ2) is 13.0. The molecule has 1 aliphatic heterocycles. The van der Waals surface area contributed by atoms with Crippen LogP contribution in [0.2, 0.25) is 0 Å². The fourth-order valence-corrected chi connectivity index (χ4v) is 3.17. The van der Waals surface area contributed by atoms with E-state index in [0.717, 1.165) is 44.8 Å². The van der Waals surface area contributed by atoms with Crippen LogP contribution >= 0.6 is 24.8 Å². The third-order valence-corrected chi connectivity index (χ3v) is 4.54. The van der Waals surface area contributed by atoms with E-state index in [2.05, 4.69) is 53.4 Å². The van der Waals surface area contributed by atoms with Gasteiger partial charge in [-0.3, -0.25) is 4.90 Å². The van der Waals surface area contributed by atoms with Gasteiger partial charge in [0.15, 0.2) is 0 Å². The summed E-state index contributed by atoms with van der Waals surface area (Å²) in [6.45, 7) is 5.09. The molecule has 1 unspecified atom stereocenters. The fourth-order valence-electron chi connectivity index (χ4n) is 3.17. The zero-order chi connectivity index (χ0) is 17.3. The van der Waals surface area contributed by atoms with Gasteiger partial charge in [0.05, 0.1) is 19.3 Å². The lowest BCUT2D eigenvalue weighted by Crippen LogP contribution is -2.42. The molecule has 1 fully saturated rings. The quantitative estimate of drug-likeness (QED) is 0.717. The molecule has 2 aromatic rings. The highest BCUT2D eigenvalue weighted by molar-refractivity contribution is 5.85. The van der Waals surface area contributed by atoms with Crippen molar-refractivity contribution in [3.05, 3.63) is 65.7 Å². The van der Waals surface area contributed by atoms with E-state index >= 15 is 0 Å². The molecule has 0 radical (unpaired) electrons. The van der Waals surface area contributed by atoms with Crippen LogP contribution in [0.3, 0.4) is 0 Å². The van der Waals surface area contributed by atoms with Crippen molar-refractivity contribution in [3.8, 4) is 5.75 Å². The minimum absolute atomic E-state index is 0. The summed E-state index contributed by atoms with van der Waals surface area (Å²) in [5.74, 6) is 0.933. The van der Waals surface area contributed by atoms with Gasteiger partial charge in [0, 0.05) is 26.1 Å². The third-order valence-electron chi connectivity index (χ3n) is 4.54. The summed E-state index contributed by atoms with van der Waals surface area (Å²) in [5.41, 5.74) is 8.25. The van der Waals surface area contributed by atoms with Crippen molar-refractivity contribution in [1.82, 2.24) is 4.90 Å². The summed E-state index contributed by atoms with van der Waals surface area (Å²) in [7, 11) is 0. The van der Waals surface area contributed by atoms with Crippen molar-refractivity contribution in [2.45, 2.75) is 25.5 Å². The van der Waals surface area contributed by atoms with E-state index in [1.165, 1.54) is 11.1 Å². The number of nitrogens with zero attached hydrogens (tertiary/aromatic N) is 1. The molecule has 1 saturated heterocycles. The Labute approximate surface area is 174 Å². The molecule has 2 N–H and O–H groups in total. The van der Waals surface area contributed by atoms with E-state index < -0.39 is 0 Å². The first-order valence-electron chi connectivity index (χ1n) is 9.13. The van der Waals surface area contributed by atoms with Crippen LogP contribution in [0.1, 0.15) is 17.5 Å². The number of hydrogen-bond acceptors (Lipinski definition) is 4. The number of ether oxygens (including phenoxy) is 2. The molecule has 0 spiro atoms. The monoisotopic (exact) mass is 412 g/mol.